The van der Waals surface area contributed by atoms with E-state index in [0.717, 1.165) is 4.47 Å². The van der Waals surface area contributed by atoms with Crippen LogP contribution in [0.3, 0.4) is 0 Å². The van der Waals surface area contributed by atoms with Gasteiger partial charge in [0.25, 0.3) is 0 Å². The van der Waals surface area contributed by atoms with E-state index in [1.165, 1.54) is 6.21 Å². The summed E-state index contributed by atoms with van der Waals surface area (Å²) < 4.78 is 0.878. The maximum absolute atomic E-state index is 9.51. The molecule has 15 heavy (non-hydrogen) atoms. The minimum Gasteiger partial charge on any atom is -0.507 e. The Morgan fingerprint density at radius 1 is 1.47 bits per heavy atom. The maximum atomic E-state index is 9.51. The van der Waals surface area contributed by atoms with Crippen LogP contribution in [-0.2, 0) is 0 Å². The normalized spacial score (nSPS) is 19.1. The van der Waals surface area contributed by atoms with Gasteiger partial charge in [0.05, 0.1) is 6.21 Å². The first-order chi connectivity index (χ1) is 7.25. The summed E-state index contributed by atoms with van der Waals surface area (Å²) in [5.41, 5.74) is 0.625. The number of rotatable bonds is 2. The standard InChI is InChI=1S/C9H7BrN4O/c10-7-1-2-8(15)6(3-7)4-11-9-5-12-14-13-9/h1-5,9,15H. The Balaban J connectivity index is 2.19. The van der Waals surface area contributed by atoms with E-state index >= 15 is 0 Å². The molecule has 0 saturated heterocycles. The first-order valence-electron chi connectivity index (χ1n) is 4.21. The lowest BCUT2D eigenvalue weighted by atomic mass is 10.2. The fourth-order valence-corrected chi connectivity index (χ4v) is 1.43. The zero-order chi connectivity index (χ0) is 10.7. The molecule has 1 aliphatic heterocycles. The molecule has 0 aromatic heterocycles. The van der Waals surface area contributed by atoms with E-state index in [9.17, 15) is 5.11 Å². The Labute approximate surface area is 94.4 Å². The number of aromatic hydroxyl groups is 1. The zero-order valence-corrected chi connectivity index (χ0v) is 9.16. The van der Waals surface area contributed by atoms with Crippen molar-refractivity contribution in [2.45, 2.75) is 6.17 Å². The van der Waals surface area contributed by atoms with Crippen LogP contribution in [0, 0.1) is 0 Å². The lowest BCUT2D eigenvalue weighted by Gasteiger charge is -1.99. The molecule has 1 N–H and O–H groups in total. The summed E-state index contributed by atoms with van der Waals surface area (Å²) >= 11 is 3.31. The molecule has 1 aromatic rings. The minimum absolute atomic E-state index is 0.175. The molecule has 2 rings (SSSR count). The maximum Gasteiger partial charge on any atom is 0.199 e. The molecule has 0 spiro atoms. The molecule has 0 radical (unpaired) electrons. The molecule has 1 aromatic carbocycles. The van der Waals surface area contributed by atoms with Crippen LogP contribution in [0.4, 0.5) is 0 Å². The second-order valence-corrected chi connectivity index (χ2v) is 3.78. The molecule has 0 aliphatic carbocycles. The van der Waals surface area contributed by atoms with E-state index in [-0.39, 0.29) is 11.9 Å². The molecule has 1 aliphatic rings. The van der Waals surface area contributed by atoms with Crippen molar-refractivity contribution >= 4 is 28.4 Å². The van der Waals surface area contributed by atoms with Crippen LogP contribution in [0.5, 0.6) is 5.75 Å². The first-order valence-corrected chi connectivity index (χ1v) is 5.00. The van der Waals surface area contributed by atoms with Crippen LogP contribution in [-0.4, -0.2) is 23.7 Å². The Morgan fingerprint density at radius 3 is 3.07 bits per heavy atom. The number of benzene rings is 1. The zero-order valence-electron chi connectivity index (χ0n) is 7.58. The molecule has 0 saturated carbocycles. The molecule has 76 valence electrons. The molecule has 5 nitrogen and oxygen atoms in total. The van der Waals surface area contributed by atoms with Gasteiger partial charge in [0.2, 0.25) is 0 Å². The largest absolute Gasteiger partial charge is 0.507 e. The van der Waals surface area contributed by atoms with Gasteiger partial charge >= 0.3 is 0 Å². The Bertz CT molecular complexity index is 443. The van der Waals surface area contributed by atoms with E-state index in [2.05, 4.69) is 36.4 Å². The topological polar surface area (TPSA) is 69.7 Å². The number of aliphatic imine (C=N–C) groups is 1. The molecular weight excluding hydrogens is 260 g/mol. The van der Waals surface area contributed by atoms with E-state index in [1.807, 2.05) is 0 Å². The van der Waals surface area contributed by atoms with E-state index in [0.29, 0.717) is 5.56 Å². The van der Waals surface area contributed by atoms with Gasteiger partial charge in [-0.15, -0.1) is 10.2 Å². The van der Waals surface area contributed by atoms with Gasteiger partial charge in [0.15, 0.2) is 6.17 Å². The number of nitrogens with zero attached hydrogens (tertiary/aromatic N) is 4. The lowest BCUT2D eigenvalue weighted by Crippen LogP contribution is -1.98. The number of halogens is 1. The molecule has 1 unspecified atom stereocenters. The highest BCUT2D eigenvalue weighted by atomic mass is 79.9. The van der Waals surface area contributed by atoms with Gasteiger partial charge in [-0.1, -0.05) is 15.9 Å². The summed E-state index contributed by atoms with van der Waals surface area (Å²) in [6, 6.07) is 5.11. The summed E-state index contributed by atoms with van der Waals surface area (Å²) in [6.07, 6.45) is 2.69. The lowest BCUT2D eigenvalue weighted by molar-refractivity contribution is 0.474. The Morgan fingerprint density at radius 2 is 2.33 bits per heavy atom. The fraction of sp³-hybridized carbons (Fsp3) is 0.111. The molecular formula is C9H7BrN4O. The third-order valence-electron chi connectivity index (χ3n) is 1.78. The van der Waals surface area contributed by atoms with Crippen molar-refractivity contribution in [3.63, 3.8) is 0 Å². The van der Waals surface area contributed by atoms with E-state index in [1.54, 1.807) is 24.4 Å². The van der Waals surface area contributed by atoms with Crippen molar-refractivity contribution in [1.29, 1.82) is 0 Å². The van der Waals surface area contributed by atoms with Crippen molar-refractivity contribution in [3.8, 4) is 5.75 Å². The van der Waals surface area contributed by atoms with Gasteiger partial charge in [0, 0.05) is 16.3 Å². The van der Waals surface area contributed by atoms with Gasteiger partial charge in [0.1, 0.15) is 5.75 Å². The number of hydrogen-bond acceptors (Lipinski definition) is 5. The monoisotopic (exact) mass is 266 g/mol. The smallest absolute Gasteiger partial charge is 0.199 e. The van der Waals surface area contributed by atoms with Crippen LogP contribution in [0.15, 0.2) is 43.1 Å². The predicted molar refractivity (Wildman–Crippen MR) is 60.5 cm³/mol. The Kier molecular flexibility index (Phi) is 2.86. The number of phenolic OH excluding ortho intramolecular Hbond substituents is 1. The van der Waals surface area contributed by atoms with Crippen LogP contribution in [0.2, 0.25) is 0 Å². The first kappa shape index (κ1) is 9.97. The summed E-state index contributed by atoms with van der Waals surface area (Å²) in [4.78, 5) is 4.08. The van der Waals surface area contributed by atoms with Crippen LogP contribution >= 0.6 is 15.9 Å². The summed E-state index contributed by atoms with van der Waals surface area (Å²) in [6.45, 7) is 0. The van der Waals surface area contributed by atoms with Crippen LogP contribution < -0.4 is 0 Å². The second kappa shape index (κ2) is 4.31. The van der Waals surface area contributed by atoms with Crippen molar-refractivity contribution in [2.75, 3.05) is 0 Å². The van der Waals surface area contributed by atoms with Crippen molar-refractivity contribution in [3.05, 3.63) is 28.2 Å². The summed E-state index contributed by atoms with van der Waals surface area (Å²) in [5.74, 6) is 0.175. The van der Waals surface area contributed by atoms with Crippen molar-refractivity contribution in [1.82, 2.24) is 0 Å². The molecule has 6 heteroatoms. The van der Waals surface area contributed by atoms with Gasteiger partial charge in [-0.3, -0.25) is 4.99 Å². The molecule has 1 atom stereocenters. The third kappa shape index (κ3) is 2.47. The van der Waals surface area contributed by atoms with Crippen LogP contribution in [0.1, 0.15) is 5.56 Å². The number of phenols is 1. The van der Waals surface area contributed by atoms with Gasteiger partial charge in [-0.2, -0.15) is 0 Å². The van der Waals surface area contributed by atoms with E-state index < -0.39 is 0 Å². The average Bonchev–Trinajstić information content (AvgIpc) is 2.72. The minimum atomic E-state index is -0.372. The fourth-order valence-electron chi connectivity index (χ4n) is 1.06. The highest BCUT2D eigenvalue weighted by molar-refractivity contribution is 9.10. The van der Waals surface area contributed by atoms with Crippen molar-refractivity contribution < 1.29 is 5.11 Å². The molecule has 0 bridgehead atoms. The third-order valence-corrected chi connectivity index (χ3v) is 2.27. The summed E-state index contributed by atoms with van der Waals surface area (Å²) in [5, 5.41) is 20.2. The summed E-state index contributed by atoms with van der Waals surface area (Å²) in [7, 11) is 0. The highest BCUT2D eigenvalue weighted by Gasteiger charge is 2.04. The average molecular weight is 267 g/mol. The second-order valence-electron chi connectivity index (χ2n) is 2.86. The van der Waals surface area contributed by atoms with Gasteiger partial charge in [-0.25, -0.2) is 0 Å². The van der Waals surface area contributed by atoms with Crippen LogP contribution in [0.25, 0.3) is 0 Å². The SMILES string of the molecule is Oc1ccc(Br)cc1C=NC1C=NN=N1. The highest BCUT2D eigenvalue weighted by Crippen LogP contribution is 2.20. The van der Waals surface area contributed by atoms with Gasteiger partial charge in [-0.05, 0) is 23.4 Å². The molecule has 1 heterocycles. The van der Waals surface area contributed by atoms with Crippen molar-refractivity contribution in [2.24, 2.45) is 20.4 Å². The van der Waals surface area contributed by atoms with E-state index in [4.69, 9.17) is 0 Å². The quantitative estimate of drug-likeness (QED) is 0.821. The Hall–Kier alpha value is -1.56. The molecule has 0 amide bonds. The van der Waals surface area contributed by atoms with Gasteiger partial charge < -0.3 is 5.11 Å². The number of hydrogen-bond donors (Lipinski definition) is 1. The molecule has 0 fully saturated rings. The predicted octanol–water partition coefficient (Wildman–Crippen LogP) is 2.35.